The van der Waals surface area contributed by atoms with Crippen molar-refractivity contribution in [1.29, 1.82) is 0 Å². The van der Waals surface area contributed by atoms with Crippen LogP contribution in [0.3, 0.4) is 0 Å². The summed E-state index contributed by atoms with van der Waals surface area (Å²) < 4.78 is 27.0. The molecule has 0 atom stereocenters. The van der Waals surface area contributed by atoms with Crippen molar-refractivity contribution >= 4 is 15.8 Å². The van der Waals surface area contributed by atoms with Crippen LogP contribution in [-0.2, 0) is 10.0 Å². The lowest BCUT2D eigenvalue weighted by molar-refractivity contribution is 0.222. The minimum atomic E-state index is -3.42. The average molecular weight is 353 g/mol. The zero-order valence-corrected chi connectivity index (χ0v) is 15.3. The van der Waals surface area contributed by atoms with Crippen LogP contribution >= 0.6 is 0 Å². The highest BCUT2D eigenvalue weighted by molar-refractivity contribution is 7.89. The molecule has 2 aliphatic rings. The van der Waals surface area contributed by atoms with E-state index in [-0.39, 0.29) is 0 Å². The van der Waals surface area contributed by atoms with E-state index in [0.29, 0.717) is 18.0 Å². The van der Waals surface area contributed by atoms with Gasteiger partial charge in [-0.3, -0.25) is 0 Å². The standard InChI is InChI=1S/C17H28N4O2S/c1-19-11-13-21(14-12-19)24(22,23)16-7-8-17(18-15-16)20-9-5-3-2-4-6-10-20/h7-8,15H,2-6,9-14H2,1H3. The second-order valence-corrected chi connectivity index (χ2v) is 8.75. The maximum Gasteiger partial charge on any atom is 0.244 e. The minimum absolute atomic E-state index is 0.308. The topological polar surface area (TPSA) is 56.8 Å². The van der Waals surface area contributed by atoms with E-state index in [2.05, 4.69) is 14.8 Å². The number of rotatable bonds is 3. The van der Waals surface area contributed by atoms with Crippen LogP contribution in [0.5, 0.6) is 0 Å². The molecule has 2 fully saturated rings. The van der Waals surface area contributed by atoms with Crippen molar-refractivity contribution in [1.82, 2.24) is 14.2 Å². The van der Waals surface area contributed by atoms with Crippen molar-refractivity contribution in [2.75, 3.05) is 51.2 Å². The quantitative estimate of drug-likeness (QED) is 0.830. The van der Waals surface area contributed by atoms with E-state index in [1.54, 1.807) is 10.4 Å². The van der Waals surface area contributed by atoms with Crippen molar-refractivity contribution in [2.45, 2.75) is 37.0 Å². The third-order valence-corrected chi connectivity index (χ3v) is 6.88. The van der Waals surface area contributed by atoms with Crippen LogP contribution < -0.4 is 4.90 Å². The molecule has 0 saturated carbocycles. The normalized spacial score (nSPS) is 22.1. The van der Waals surface area contributed by atoms with Gasteiger partial charge in [0, 0.05) is 45.5 Å². The Morgan fingerprint density at radius 3 is 2.08 bits per heavy atom. The molecule has 24 heavy (non-hydrogen) atoms. The number of pyridine rings is 1. The summed E-state index contributed by atoms with van der Waals surface area (Å²) in [5.41, 5.74) is 0. The highest BCUT2D eigenvalue weighted by Crippen LogP contribution is 2.21. The Hall–Kier alpha value is -1.18. The van der Waals surface area contributed by atoms with Gasteiger partial charge in [0.15, 0.2) is 0 Å². The first-order valence-electron chi connectivity index (χ1n) is 8.97. The number of anilines is 1. The minimum Gasteiger partial charge on any atom is -0.357 e. The predicted molar refractivity (Wildman–Crippen MR) is 95.8 cm³/mol. The molecule has 0 bridgehead atoms. The second kappa shape index (κ2) is 7.80. The van der Waals surface area contributed by atoms with Gasteiger partial charge in [0.2, 0.25) is 10.0 Å². The number of nitrogens with zero attached hydrogens (tertiary/aromatic N) is 4. The molecule has 2 aliphatic heterocycles. The Morgan fingerprint density at radius 2 is 1.50 bits per heavy atom. The number of sulfonamides is 1. The SMILES string of the molecule is CN1CCN(S(=O)(=O)c2ccc(N3CCCCCCC3)nc2)CC1. The number of likely N-dealkylation sites (N-methyl/N-ethyl adjacent to an activating group) is 1. The van der Waals surface area contributed by atoms with Gasteiger partial charge in [-0.2, -0.15) is 4.31 Å². The third kappa shape index (κ3) is 4.07. The van der Waals surface area contributed by atoms with Crippen LogP contribution in [0, 0.1) is 0 Å². The van der Waals surface area contributed by atoms with Crippen LogP contribution in [0.4, 0.5) is 5.82 Å². The zero-order valence-electron chi connectivity index (χ0n) is 14.5. The van der Waals surface area contributed by atoms with Crippen LogP contribution in [-0.4, -0.2) is 68.9 Å². The van der Waals surface area contributed by atoms with Crippen LogP contribution in [0.15, 0.2) is 23.2 Å². The highest BCUT2D eigenvalue weighted by atomic mass is 32.2. The maximum atomic E-state index is 12.7. The Bertz CT molecular complexity index is 616. The summed E-state index contributed by atoms with van der Waals surface area (Å²) in [6.45, 7) is 4.67. The molecule has 7 heteroatoms. The third-order valence-electron chi connectivity index (χ3n) is 5.00. The van der Waals surface area contributed by atoms with E-state index in [4.69, 9.17) is 0 Å². The second-order valence-electron chi connectivity index (χ2n) is 6.81. The zero-order chi connectivity index (χ0) is 17.0. The molecule has 1 aromatic rings. The summed E-state index contributed by atoms with van der Waals surface area (Å²) in [4.78, 5) is 9.20. The van der Waals surface area contributed by atoms with Gasteiger partial charge in [-0.25, -0.2) is 13.4 Å². The Morgan fingerprint density at radius 1 is 0.875 bits per heavy atom. The summed E-state index contributed by atoms with van der Waals surface area (Å²) in [6, 6.07) is 3.58. The number of hydrogen-bond donors (Lipinski definition) is 0. The van der Waals surface area contributed by atoms with E-state index < -0.39 is 10.0 Å². The fourth-order valence-corrected chi connectivity index (χ4v) is 4.73. The van der Waals surface area contributed by atoms with E-state index in [0.717, 1.165) is 32.0 Å². The van der Waals surface area contributed by atoms with Gasteiger partial charge in [0.25, 0.3) is 0 Å². The van der Waals surface area contributed by atoms with Crippen molar-refractivity contribution in [3.63, 3.8) is 0 Å². The lowest BCUT2D eigenvalue weighted by Gasteiger charge is -2.31. The van der Waals surface area contributed by atoms with Gasteiger partial charge in [0.05, 0.1) is 0 Å². The van der Waals surface area contributed by atoms with Gasteiger partial charge < -0.3 is 9.80 Å². The smallest absolute Gasteiger partial charge is 0.244 e. The molecule has 0 aromatic carbocycles. The van der Waals surface area contributed by atoms with Gasteiger partial charge in [-0.05, 0) is 32.0 Å². The molecular weight excluding hydrogens is 324 g/mol. The van der Waals surface area contributed by atoms with Crippen LogP contribution in [0.2, 0.25) is 0 Å². The van der Waals surface area contributed by atoms with Crippen LogP contribution in [0.1, 0.15) is 32.1 Å². The monoisotopic (exact) mass is 352 g/mol. The van der Waals surface area contributed by atoms with Crippen molar-refractivity contribution in [3.8, 4) is 0 Å². The maximum absolute atomic E-state index is 12.7. The number of aromatic nitrogens is 1. The van der Waals surface area contributed by atoms with Gasteiger partial charge in [-0.1, -0.05) is 19.3 Å². The Kier molecular flexibility index (Phi) is 5.73. The molecule has 0 unspecified atom stereocenters. The highest BCUT2D eigenvalue weighted by Gasteiger charge is 2.27. The van der Waals surface area contributed by atoms with Gasteiger partial charge in [-0.15, -0.1) is 0 Å². The number of piperazine rings is 1. The lowest BCUT2D eigenvalue weighted by Crippen LogP contribution is -2.47. The first-order valence-corrected chi connectivity index (χ1v) is 10.4. The average Bonchev–Trinajstić information content (AvgIpc) is 2.55. The summed E-state index contributed by atoms with van der Waals surface area (Å²) in [7, 11) is -1.40. The molecule has 0 amide bonds. The summed E-state index contributed by atoms with van der Waals surface area (Å²) in [6.07, 6.45) is 7.76. The summed E-state index contributed by atoms with van der Waals surface area (Å²) >= 11 is 0. The van der Waals surface area contributed by atoms with Crippen molar-refractivity contribution in [2.24, 2.45) is 0 Å². The number of hydrogen-bond acceptors (Lipinski definition) is 5. The fraction of sp³-hybridized carbons (Fsp3) is 0.706. The molecular formula is C17H28N4O2S. The van der Waals surface area contributed by atoms with E-state index >= 15 is 0 Å². The first kappa shape index (κ1) is 17.6. The molecule has 0 radical (unpaired) electrons. The van der Waals surface area contributed by atoms with Crippen molar-refractivity contribution < 1.29 is 8.42 Å². The molecule has 134 valence electrons. The largest absolute Gasteiger partial charge is 0.357 e. The molecule has 0 spiro atoms. The first-order chi connectivity index (χ1) is 11.6. The molecule has 3 heterocycles. The van der Waals surface area contributed by atoms with Gasteiger partial charge in [0.1, 0.15) is 10.7 Å². The molecule has 2 saturated heterocycles. The van der Waals surface area contributed by atoms with E-state index in [9.17, 15) is 8.42 Å². The van der Waals surface area contributed by atoms with Crippen LogP contribution in [0.25, 0.3) is 0 Å². The summed E-state index contributed by atoms with van der Waals surface area (Å²) in [5, 5.41) is 0. The fourth-order valence-electron chi connectivity index (χ4n) is 3.37. The molecule has 0 N–H and O–H groups in total. The lowest BCUT2D eigenvalue weighted by atomic mass is 10.1. The van der Waals surface area contributed by atoms with Gasteiger partial charge >= 0.3 is 0 Å². The molecule has 1 aromatic heterocycles. The summed E-state index contributed by atoms with van der Waals surface area (Å²) in [5.74, 6) is 0.897. The molecule has 3 rings (SSSR count). The van der Waals surface area contributed by atoms with E-state index in [1.165, 1.54) is 38.3 Å². The molecule has 6 nitrogen and oxygen atoms in total. The Labute approximate surface area is 145 Å². The predicted octanol–water partition coefficient (Wildman–Crippen LogP) is 1.79. The van der Waals surface area contributed by atoms with E-state index in [1.807, 2.05) is 13.1 Å². The Balaban J connectivity index is 1.71. The molecule has 0 aliphatic carbocycles. The van der Waals surface area contributed by atoms with Crippen molar-refractivity contribution in [3.05, 3.63) is 18.3 Å².